The Labute approximate surface area is 109 Å². The van der Waals surface area contributed by atoms with Gasteiger partial charge in [-0.3, -0.25) is 0 Å². The van der Waals surface area contributed by atoms with Gasteiger partial charge in [0.1, 0.15) is 5.52 Å². The molecule has 92 valence electrons. The topological polar surface area (TPSA) is 38.1 Å². The first-order valence-corrected chi connectivity index (χ1v) is 6.78. The van der Waals surface area contributed by atoms with Crippen LogP contribution in [0.5, 0.6) is 0 Å². The van der Waals surface area contributed by atoms with Crippen LogP contribution in [0.4, 0.5) is 0 Å². The van der Waals surface area contributed by atoms with E-state index in [1.54, 1.807) is 11.3 Å². The smallest absolute Gasteiger partial charge is 0.200 e. The van der Waals surface area contributed by atoms with E-state index in [4.69, 9.17) is 4.42 Å². The van der Waals surface area contributed by atoms with Crippen molar-refractivity contribution in [3.8, 4) is 0 Å². The van der Waals surface area contributed by atoms with Gasteiger partial charge in [-0.2, -0.15) is 0 Å². The lowest BCUT2D eigenvalue weighted by Gasteiger charge is -1.97. The summed E-state index contributed by atoms with van der Waals surface area (Å²) in [6.07, 6.45) is 0.772. The first kappa shape index (κ1) is 11.4. The number of hydrogen-bond acceptors (Lipinski definition) is 4. The number of fused-ring (bicyclic) bond motifs is 1. The van der Waals surface area contributed by atoms with E-state index in [0.29, 0.717) is 0 Å². The quantitative estimate of drug-likeness (QED) is 0.781. The van der Waals surface area contributed by atoms with Gasteiger partial charge in [-0.25, -0.2) is 4.98 Å². The number of oxazole rings is 1. The van der Waals surface area contributed by atoms with Crippen LogP contribution in [-0.4, -0.2) is 12.0 Å². The third-order valence-corrected chi connectivity index (χ3v) is 3.66. The van der Waals surface area contributed by atoms with Crippen LogP contribution in [0.2, 0.25) is 0 Å². The molecule has 0 atom stereocenters. The fourth-order valence-corrected chi connectivity index (χ4v) is 2.66. The molecule has 0 saturated heterocycles. The van der Waals surface area contributed by atoms with Gasteiger partial charge in [0.2, 0.25) is 5.89 Å². The van der Waals surface area contributed by atoms with Crippen LogP contribution in [0.1, 0.15) is 16.3 Å². The van der Waals surface area contributed by atoms with Gasteiger partial charge < -0.3 is 9.73 Å². The van der Waals surface area contributed by atoms with Gasteiger partial charge in [0.25, 0.3) is 0 Å². The molecule has 0 aliphatic heterocycles. The lowest BCUT2D eigenvalue weighted by molar-refractivity contribution is 0.545. The maximum atomic E-state index is 5.80. The SMILES string of the molecule is CNCc1ccc2nc(Cc3cccs3)oc2c1. The Hall–Kier alpha value is -1.65. The molecule has 2 aromatic heterocycles. The first-order valence-electron chi connectivity index (χ1n) is 5.90. The molecule has 3 aromatic rings. The highest BCUT2D eigenvalue weighted by molar-refractivity contribution is 7.09. The predicted octanol–water partition coefficient (Wildman–Crippen LogP) is 3.20. The Morgan fingerprint density at radius 2 is 2.28 bits per heavy atom. The Balaban J connectivity index is 1.90. The van der Waals surface area contributed by atoms with E-state index < -0.39 is 0 Å². The highest BCUT2D eigenvalue weighted by Crippen LogP contribution is 2.20. The molecule has 2 heterocycles. The van der Waals surface area contributed by atoms with Crippen molar-refractivity contribution in [1.29, 1.82) is 0 Å². The van der Waals surface area contributed by atoms with Crippen molar-refractivity contribution >= 4 is 22.4 Å². The van der Waals surface area contributed by atoms with Crippen LogP contribution in [0, 0.1) is 0 Å². The normalized spacial score (nSPS) is 11.2. The van der Waals surface area contributed by atoms with E-state index >= 15 is 0 Å². The molecule has 3 rings (SSSR count). The van der Waals surface area contributed by atoms with Crippen molar-refractivity contribution in [2.75, 3.05) is 7.05 Å². The molecule has 0 spiro atoms. The minimum atomic E-state index is 0.772. The molecule has 1 aromatic carbocycles. The van der Waals surface area contributed by atoms with Crippen LogP contribution in [0.15, 0.2) is 40.1 Å². The lowest BCUT2D eigenvalue weighted by Crippen LogP contribution is -2.04. The molecule has 0 aliphatic carbocycles. The van der Waals surface area contributed by atoms with E-state index in [1.165, 1.54) is 10.4 Å². The number of aromatic nitrogens is 1. The Morgan fingerprint density at radius 1 is 1.33 bits per heavy atom. The van der Waals surface area contributed by atoms with Gasteiger partial charge >= 0.3 is 0 Å². The Bertz CT molecular complexity index is 643. The van der Waals surface area contributed by atoms with Crippen molar-refractivity contribution in [3.05, 3.63) is 52.0 Å². The van der Waals surface area contributed by atoms with E-state index in [1.807, 2.05) is 19.2 Å². The highest BCUT2D eigenvalue weighted by atomic mass is 32.1. The molecule has 0 unspecified atom stereocenters. The molecule has 0 bridgehead atoms. The van der Waals surface area contributed by atoms with Crippen LogP contribution in [0.3, 0.4) is 0 Å². The van der Waals surface area contributed by atoms with Crippen molar-refractivity contribution in [3.63, 3.8) is 0 Å². The molecule has 1 N–H and O–H groups in total. The standard InChI is InChI=1S/C14H14N2OS/c1-15-9-10-4-5-12-13(7-10)17-14(16-12)8-11-3-2-6-18-11/h2-7,15H,8-9H2,1H3. The molecule has 0 fully saturated rings. The van der Waals surface area contributed by atoms with Gasteiger partial charge in [-0.15, -0.1) is 11.3 Å². The molecule has 0 amide bonds. The van der Waals surface area contributed by atoms with Crippen molar-refractivity contribution < 1.29 is 4.42 Å². The number of thiophene rings is 1. The minimum Gasteiger partial charge on any atom is -0.440 e. The zero-order chi connectivity index (χ0) is 12.4. The molecule has 4 heteroatoms. The number of rotatable bonds is 4. The number of hydrogen-bond donors (Lipinski definition) is 1. The monoisotopic (exact) mass is 258 g/mol. The Morgan fingerprint density at radius 3 is 3.06 bits per heavy atom. The maximum Gasteiger partial charge on any atom is 0.200 e. The van der Waals surface area contributed by atoms with Gasteiger partial charge in [-0.1, -0.05) is 12.1 Å². The second-order valence-electron chi connectivity index (χ2n) is 4.20. The summed E-state index contributed by atoms with van der Waals surface area (Å²) in [5.41, 5.74) is 3.01. The van der Waals surface area contributed by atoms with Crippen LogP contribution in [-0.2, 0) is 13.0 Å². The fraction of sp³-hybridized carbons (Fsp3) is 0.214. The molecule has 0 saturated carbocycles. The largest absolute Gasteiger partial charge is 0.440 e. The van der Waals surface area contributed by atoms with Crippen molar-refractivity contribution in [1.82, 2.24) is 10.3 Å². The van der Waals surface area contributed by atoms with Crippen molar-refractivity contribution in [2.45, 2.75) is 13.0 Å². The zero-order valence-corrected chi connectivity index (χ0v) is 11.0. The number of nitrogens with zero attached hydrogens (tertiary/aromatic N) is 1. The summed E-state index contributed by atoms with van der Waals surface area (Å²) < 4.78 is 5.80. The average molecular weight is 258 g/mol. The van der Waals surface area contributed by atoms with E-state index in [9.17, 15) is 0 Å². The fourth-order valence-electron chi connectivity index (χ4n) is 1.97. The third-order valence-electron chi connectivity index (χ3n) is 2.78. The van der Waals surface area contributed by atoms with Crippen LogP contribution in [0.25, 0.3) is 11.1 Å². The van der Waals surface area contributed by atoms with E-state index in [2.05, 4.69) is 33.9 Å². The summed E-state index contributed by atoms with van der Waals surface area (Å²) in [7, 11) is 1.94. The zero-order valence-electron chi connectivity index (χ0n) is 10.1. The van der Waals surface area contributed by atoms with Gasteiger partial charge in [-0.05, 0) is 36.2 Å². The second-order valence-corrected chi connectivity index (χ2v) is 5.23. The molecule has 18 heavy (non-hydrogen) atoms. The predicted molar refractivity (Wildman–Crippen MR) is 73.9 cm³/mol. The average Bonchev–Trinajstić information content (AvgIpc) is 2.98. The maximum absolute atomic E-state index is 5.80. The molecular weight excluding hydrogens is 244 g/mol. The van der Waals surface area contributed by atoms with Gasteiger partial charge in [0.05, 0.1) is 6.42 Å². The third kappa shape index (κ3) is 2.30. The van der Waals surface area contributed by atoms with E-state index in [0.717, 1.165) is 30.0 Å². The van der Waals surface area contributed by atoms with E-state index in [-0.39, 0.29) is 0 Å². The van der Waals surface area contributed by atoms with Crippen molar-refractivity contribution in [2.24, 2.45) is 0 Å². The van der Waals surface area contributed by atoms with Crippen LogP contribution < -0.4 is 5.32 Å². The summed E-state index contributed by atoms with van der Waals surface area (Å²) >= 11 is 1.73. The summed E-state index contributed by atoms with van der Waals surface area (Å²) in [5.74, 6) is 0.786. The highest BCUT2D eigenvalue weighted by Gasteiger charge is 2.07. The molecule has 0 aliphatic rings. The summed E-state index contributed by atoms with van der Waals surface area (Å²) in [6.45, 7) is 0.844. The number of benzene rings is 1. The summed E-state index contributed by atoms with van der Waals surface area (Å²) in [4.78, 5) is 5.78. The summed E-state index contributed by atoms with van der Waals surface area (Å²) in [5, 5.41) is 5.20. The molecule has 3 nitrogen and oxygen atoms in total. The van der Waals surface area contributed by atoms with Gasteiger partial charge in [0, 0.05) is 11.4 Å². The van der Waals surface area contributed by atoms with Crippen LogP contribution >= 0.6 is 11.3 Å². The second kappa shape index (κ2) is 4.92. The lowest BCUT2D eigenvalue weighted by atomic mass is 10.2. The minimum absolute atomic E-state index is 0.772. The first-order chi connectivity index (χ1) is 8.85. The van der Waals surface area contributed by atoms with Gasteiger partial charge in [0.15, 0.2) is 5.58 Å². The summed E-state index contributed by atoms with van der Waals surface area (Å²) in [6, 6.07) is 10.3. The molecule has 0 radical (unpaired) electrons. The molecular formula is C14H14N2OS. The number of nitrogens with one attached hydrogen (secondary N) is 1. The Kier molecular flexibility index (Phi) is 3.13.